The fraction of sp³-hybridized carbons (Fsp3) is 0.333. The lowest BCUT2D eigenvalue weighted by Gasteiger charge is -2.19. The summed E-state index contributed by atoms with van der Waals surface area (Å²) in [6, 6.07) is 18.9. The van der Waals surface area contributed by atoms with Crippen LogP contribution < -0.4 is 5.32 Å². The largest absolute Gasteiger partial charge is 0.368 e. The van der Waals surface area contributed by atoms with Crippen LogP contribution in [0.1, 0.15) is 30.1 Å². The fourth-order valence-electron chi connectivity index (χ4n) is 2.31. The van der Waals surface area contributed by atoms with Crippen LogP contribution in [-0.2, 0) is 11.3 Å². The highest BCUT2D eigenvalue weighted by atomic mass is 35.5. The molecular weight excluding hydrogens is 282 g/mol. The molecule has 3 heteroatoms. The minimum absolute atomic E-state index is 0.0320. The van der Waals surface area contributed by atoms with E-state index in [1.165, 1.54) is 18.4 Å². The molecule has 0 amide bonds. The lowest BCUT2D eigenvalue weighted by atomic mass is 10.1. The van der Waals surface area contributed by atoms with Gasteiger partial charge in [0, 0.05) is 17.6 Å². The maximum Gasteiger partial charge on any atom is 0.0954 e. The van der Waals surface area contributed by atoms with Gasteiger partial charge in [-0.25, -0.2) is 0 Å². The van der Waals surface area contributed by atoms with Gasteiger partial charge in [0.05, 0.1) is 12.7 Å². The summed E-state index contributed by atoms with van der Waals surface area (Å²) in [7, 11) is 0. The van der Waals surface area contributed by atoms with E-state index in [1.54, 1.807) is 0 Å². The lowest BCUT2D eigenvalue weighted by Crippen LogP contribution is -2.25. The summed E-state index contributed by atoms with van der Waals surface area (Å²) in [6.45, 7) is 1.45. The Morgan fingerprint density at radius 1 is 1.10 bits per heavy atom. The molecule has 3 rings (SSSR count). The Labute approximate surface area is 131 Å². The zero-order valence-corrected chi connectivity index (χ0v) is 12.7. The van der Waals surface area contributed by atoms with E-state index in [-0.39, 0.29) is 6.10 Å². The van der Waals surface area contributed by atoms with Crippen molar-refractivity contribution < 1.29 is 4.74 Å². The molecule has 0 saturated heterocycles. The molecule has 2 nitrogen and oxygen atoms in total. The minimum Gasteiger partial charge on any atom is -0.368 e. The number of hydrogen-bond acceptors (Lipinski definition) is 2. The lowest BCUT2D eigenvalue weighted by molar-refractivity contribution is 0.0395. The van der Waals surface area contributed by atoms with Gasteiger partial charge < -0.3 is 10.1 Å². The molecule has 21 heavy (non-hydrogen) atoms. The van der Waals surface area contributed by atoms with Crippen molar-refractivity contribution in [3.05, 3.63) is 70.7 Å². The molecule has 110 valence electrons. The van der Waals surface area contributed by atoms with E-state index in [1.807, 2.05) is 36.4 Å². The van der Waals surface area contributed by atoms with Gasteiger partial charge in [-0.15, -0.1) is 0 Å². The SMILES string of the molecule is Clc1cccc(C(CNC2CC2)OCc2ccccc2)c1. The summed E-state index contributed by atoms with van der Waals surface area (Å²) in [5.41, 5.74) is 2.32. The van der Waals surface area contributed by atoms with Crippen LogP contribution in [0.3, 0.4) is 0 Å². The predicted octanol–water partition coefficient (Wildman–Crippen LogP) is 4.35. The molecule has 0 heterocycles. The van der Waals surface area contributed by atoms with Crippen LogP contribution in [0.4, 0.5) is 0 Å². The van der Waals surface area contributed by atoms with Crippen LogP contribution in [0.5, 0.6) is 0 Å². The average molecular weight is 302 g/mol. The second-order valence-corrected chi connectivity index (χ2v) is 5.96. The molecule has 0 aromatic heterocycles. The smallest absolute Gasteiger partial charge is 0.0954 e. The second kappa shape index (κ2) is 7.08. The summed E-state index contributed by atoms with van der Waals surface area (Å²) in [5, 5.41) is 4.30. The molecule has 0 bridgehead atoms. The van der Waals surface area contributed by atoms with Gasteiger partial charge in [-0.3, -0.25) is 0 Å². The van der Waals surface area contributed by atoms with E-state index < -0.39 is 0 Å². The Balaban J connectivity index is 1.65. The van der Waals surface area contributed by atoms with Gasteiger partial charge in [0.1, 0.15) is 0 Å². The van der Waals surface area contributed by atoms with E-state index in [0.717, 1.165) is 17.1 Å². The van der Waals surface area contributed by atoms with Crippen LogP contribution in [-0.4, -0.2) is 12.6 Å². The molecule has 1 unspecified atom stereocenters. The van der Waals surface area contributed by atoms with Crippen LogP contribution >= 0.6 is 11.6 Å². The van der Waals surface area contributed by atoms with E-state index in [2.05, 4.69) is 23.5 Å². The van der Waals surface area contributed by atoms with Crippen molar-refractivity contribution in [2.75, 3.05) is 6.54 Å². The van der Waals surface area contributed by atoms with Gasteiger partial charge >= 0.3 is 0 Å². The molecule has 0 spiro atoms. The van der Waals surface area contributed by atoms with Crippen LogP contribution in [0.25, 0.3) is 0 Å². The quantitative estimate of drug-likeness (QED) is 0.821. The van der Waals surface area contributed by atoms with E-state index in [0.29, 0.717) is 12.6 Å². The van der Waals surface area contributed by atoms with Crippen molar-refractivity contribution in [2.24, 2.45) is 0 Å². The van der Waals surface area contributed by atoms with Crippen molar-refractivity contribution in [1.29, 1.82) is 0 Å². The normalized spacial score (nSPS) is 15.9. The number of hydrogen-bond donors (Lipinski definition) is 1. The van der Waals surface area contributed by atoms with Gasteiger partial charge in [0.15, 0.2) is 0 Å². The van der Waals surface area contributed by atoms with E-state index in [9.17, 15) is 0 Å². The average Bonchev–Trinajstić information content (AvgIpc) is 3.32. The molecule has 2 aromatic rings. The zero-order valence-electron chi connectivity index (χ0n) is 12.0. The Hall–Kier alpha value is -1.35. The Kier molecular flexibility index (Phi) is 4.91. The zero-order chi connectivity index (χ0) is 14.5. The van der Waals surface area contributed by atoms with Crippen molar-refractivity contribution in [2.45, 2.75) is 31.6 Å². The van der Waals surface area contributed by atoms with Gasteiger partial charge in [0.25, 0.3) is 0 Å². The molecule has 1 aliphatic carbocycles. The minimum atomic E-state index is 0.0320. The number of ether oxygens (including phenoxy) is 1. The highest BCUT2D eigenvalue weighted by Gasteiger charge is 2.22. The molecule has 1 fully saturated rings. The molecule has 1 aliphatic rings. The van der Waals surface area contributed by atoms with Crippen molar-refractivity contribution >= 4 is 11.6 Å². The van der Waals surface area contributed by atoms with Gasteiger partial charge in [-0.1, -0.05) is 54.1 Å². The maximum atomic E-state index is 6.13. The first-order valence-corrected chi connectivity index (χ1v) is 7.83. The third-order valence-electron chi connectivity index (χ3n) is 3.68. The van der Waals surface area contributed by atoms with Crippen LogP contribution in [0, 0.1) is 0 Å². The first-order chi connectivity index (χ1) is 10.3. The predicted molar refractivity (Wildman–Crippen MR) is 86.4 cm³/mol. The summed E-state index contributed by atoms with van der Waals surface area (Å²) < 4.78 is 6.13. The molecule has 0 radical (unpaired) electrons. The third kappa shape index (κ3) is 4.57. The van der Waals surface area contributed by atoms with Crippen molar-refractivity contribution in [3.63, 3.8) is 0 Å². The van der Waals surface area contributed by atoms with Crippen LogP contribution in [0.15, 0.2) is 54.6 Å². The molecule has 1 atom stereocenters. The number of benzene rings is 2. The standard InChI is InChI=1S/C18H20ClNO/c19-16-8-4-7-15(11-16)18(12-20-17-9-10-17)21-13-14-5-2-1-3-6-14/h1-8,11,17-18,20H,9-10,12-13H2. The highest BCUT2D eigenvalue weighted by Crippen LogP contribution is 2.24. The second-order valence-electron chi connectivity index (χ2n) is 5.52. The van der Waals surface area contributed by atoms with Gasteiger partial charge in [0.2, 0.25) is 0 Å². The molecule has 1 N–H and O–H groups in total. The topological polar surface area (TPSA) is 21.3 Å². The Morgan fingerprint density at radius 2 is 1.90 bits per heavy atom. The van der Waals surface area contributed by atoms with E-state index >= 15 is 0 Å². The Bertz CT molecular complexity index is 568. The highest BCUT2D eigenvalue weighted by molar-refractivity contribution is 6.30. The van der Waals surface area contributed by atoms with Gasteiger partial charge in [-0.05, 0) is 36.1 Å². The summed E-state index contributed by atoms with van der Waals surface area (Å²) in [4.78, 5) is 0. The number of nitrogens with one attached hydrogen (secondary N) is 1. The summed E-state index contributed by atoms with van der Waals surface area (Å²) in [5.74, 6) is 0. The summed E-state index contributed by atoms with van der Waals surface area (Å²) in [6.07, 6.45) is 2.59. The molecule has 1 saturated carbocycles. The number of rotatable bonds is 7. The molecular formula is C18H20ClNO. The summed E-state index contributed by atoms with van der Waals surface area (Å²) >= 11 is 6.11. The monoisotopic (exact) mass is 301 g/mol. The fourth-order valence-corrected chi connectivity index (χ4v) is 2.51. The van der Waals surface area contributed by atoms with Crippen LogP contribution in [0.2, 0.25) is 5.02 Å². The third-order valence-corrected chi connectivity index (χ3v) is 3.92. The molecule has 2 aromatic carbocycles. The van der Waals surface area contributed by atoms with Gasteiger partial charge in [-0.2, -0.15) is 0 Å². The maximum absolute atomic E-state index is 6.13. The van der Waals surface area contributed by atoms with E-state index in [4.69, 9.17) is 16.3 Å². The van der Waals surface area contributed by atoms with Crippen molar-refractivity contribution in [1.82, 2.24) is 5.32 Å². The van der Waals surface area contributed by atoms with Crippen molar-refractivity contribution in [3.8, 4) is 0 Å². The first kappa shape index (κ1) is 14.6. The number of halogens is 1. The first-order valence-electron chi connectivity index (χ1n) is 7.45. The molecule has 0 aliphatic heterocycles. The Morgan fingerprint density at radius 3 is 2.62 bits per heavy atom.